The second-order valence-corrected chi connectivity index (χ2v) is 10.8. The first kappa shape index (κ1) is 20.6. The fourth-order valence-corrected chi connectivity index (χ4v) is 4.10. The van der Waals surface area contributed by atoms with Crippen LogP contribution in [0, 0.1) is 0 Å². The highest BCUT2D eigenvalue weighted by Gasteiger charge is 2.37. The Hall–Kier alpha value is -0.410. The molecule has 0 aromatic heterocycles. The first-order chi connectivity index (χ1) is 9.34. The van der Waals surface area contributed by atoms with E-state index in [0.717, 1.165) is 19.3 Å². The summed E-state index contributed by atoms with van der Waals surface area (Å²) in [6, 6.07) is 0. The van der Waals surface area contributed by atoms with Crippen molar-refractivity contribution >= 4 is 37.0 Å². The second kappa shape index (κ2) is 7.73. The van der Waals surface area contributed by atoms with Gasteiger partial charge in [-0.05, 0) is 46.2 Å². The topological polar surface area (TPSA) is 125 Å². The molecule has 1 fully saturated rings. The molecule has 0 unspecified atom stereocenters. The Balaban J connectivity index is 0.000000382. The molecule has 0 spiro atoms. The molecular weight excluding hydrogens is 336 g/mol. The van der Waals surface area contributed by atoms with Crippen molar-refractivity contribution in [2.45, 2.75) is 62.9 Å². The minimum absolute atomic E-state index is 0.471. The molecule has 0 aliphatic heterocycles. The number of thiol groups is 1. The van der Waals surface area contributed by atoms with Gasteiger partial charge in [0.05, 0.1) is 10.00 Å². The molecular formula is C11H22N2O5S3. The summed E-state index contributed by atoms with van der Waals surface area (Å²) in [5.41, 5.74) is 8.17. The minimum atomic E-state index is -3.73. The third-order valence-electron chi connectivity index (χ3n) is 3.11. The van der Waals surface area contributed by atoms with Crippen molar-refractivity contribution in [2.24, 2.45) is 0 Å². The summed E-state index contributed by atoms with van der Waals surface area (Å²) >= 11 is 3.52. The molecule has 0 aromatic rings. The van der Waals surface area contributed by atoms with E-state index in [1.54, 1.807) is 0 Å². The lowest BCUT2D eigenvalue weighted by atomic mass is 10.0. The highest BCUT2D eigenvalue weighted by Crippen LogP contribution is 2.22. The average molecular weight is 359 g/mol. The van der Waals surface area contributed by atoms with E-state index >= 15 is 0 Å². The van der Waals surface area contributed by atoms with Crippen LogP contribution in [0.25, 0.3) is 5.53 Å². The minimum Gasteiger partial charge on any atom is -0.359 e. The zero-order valence-corrected chi connectivity index (χ0v) is 14.9. The van der Waals surface area contributed by atoms with Crippen LogP contribution in [-0.4, -0.2) is 40.6 Å². The maximum atomic E-state index is 11.2. The fourth-order valence-electron chi connectivity index (χ4n) is 1.69. The normalized spacial score (nSPS) is 17.4. The molecule has 1 aliphatic rings. The molecule has 1 aliphatic carbocycles. The molecule has 21 heavy (non-hydrogen) atoms. The number of hydrogen-bond acceptors (Lipinski definition) is 4. The van der Waals surface area contributed by atoms with Gasteiger partial charge in [0, 0.05) is 0 Å². The third-order valence-corrected chi connectivity index (χ3v) is 7.40. The number of sulfone groups is 1. The molecule has 7 nitrogen and oxygen atoms in total. The molecule has 1 rings (SSSR count). The van der Waals surface area contributed by atoms with Gasteiger partial charge < -0.3 is 5.53 Å². The monoisotopic (exact) mass is 358 g/mol. The van der Waals surface area contributed by atoms with Crippen molar-refractivity contribution in [1.29, 1.82) is 0 Å². The van der Waals surface area contributed by atoms with Crippen LogP contribution in [0.15, 0.2) is 0 Å². The summed E-state index contributed by atoms with van der Waals surface area (Å²) in [5.74, 6) is 0. The van der Waals surface area contributed by atoms with Crippen LogP contribution in [0.5, 0.6) is 0 Å². The summed E-state index contributed by atoms with van der Waals surface area (Å²) < 4.78 is 50.6. The van der Waals surface area contributed by atoms with Crippen LogP contribution >= 0.6 is 12.6 Å². The Morgan fingerprint density at radius 3 is 1.76 bits per heavy atom. The van der Waals surface area contributed by atoms with E-state index < -0.39 is 34.3 Å². The first-order valence-corrected chi connectivity index (χ1v) is 9.89. The van der Waals surface area contributed by atoms with Gasteiger partial charge in [0.2, 0.25) is 0 Å². The fraction of sp³-hybridized carbons (Fsp3) is 0.909. The number of hydrogen-bond donors (Lipinski definition) is 2. The summed E-state index contributed by atoms with van der Waals surface area (Å²) in [4.78, 5) is 2.52. The SMILES string of the molecule is CC(C)(C)S(=O)(=O)C(S)=[N+]=[N-].O=S(=O)(O)C1CCCCC1. The zero-order chi connectivity index (χ0) is 16.9. The Morgan fingerprint density at radius 1 is 1.14 bits per heavy atom. The van der Waals surface area contributed by atoms with E-state index in [9.17, 15) is 16.8 Å². The molecule has 10 heteroatoms. The van der Waals surface area contributed by atoms with Crippen molar-refractivity contribution in [3.63, 3.8) is 0 Å². The Kier molecular flexibility index (Phi) is 7.58. The molecule has 0 aromatic carbocycles. The lowest BCUT2D eigenvalue weighted by Gasteiger charge is -2.17. The molecule has 0 amide bonds. The van der Waals surface area contributed by atoms with Gasteiger partial charge in [-0.15, -0.1) is 4.79 Å². The van der Waals surface area contributed by atoms with Crippen LogP contribution in [0.1, 0.15) is 52.9 Å². The summed E-state index contributed by atoms with van der Waals surface area (Å²) in [7, 11) is -7.29. The van der Waals surface area contributed by atoms with Gasteiger partial charge in [0.1, 0.15) is 0 Å². The van der Waals surface area contributed by atoms with Gasteiger partial charge in [-0.3, -0.25) is 4.55 Å². The standard InChI is InChI=1S/C6H12O3S.C5H10N2O2S2/c7-10(8,9)6-4-2-1-3-5-6;1-5(2,3)11(8,9)4(10)7-6/h6H,1-5H2,(H,7,8,9);10H,1-3H3. The molecule has 0 atom stereocenters. The Labute approximate surface area is 131 Å². The zero-order valence-electron chi connectivity index (χ0n) is 12.4. The summed E-state index contributed by atoms with van der Waals surface area (Å²) in [6.45, 7) is 4.51. The van der Waals surface area contributed by atoms with E-state index in [2.05, 4.69) is 17.4 Å². The van der Waals surface area contributed by atoms with Crippen molar-refractivity contribution in [3.05, 3.63) is 5.53 Å². The van der Waals surface area contributed by atoms with Crippen LogP contribution < -0.4 is 0 Å². The molecule has 1 saturated carbocycles. The van der Waals surface area contributed by atoms with E-state index in [-0.39, 0.29) is 0 Å². The van der Waals surface area contributed by atoms with Crippen LogP contribution in [0.3, 0.4) is 0 Å². The van der Waals surface area contributed by atoms with E-state index in [0.29, 0.717) is 12.8 Å². The maximum absolute atomic E-state index is 11.2. The van der Waals surface area contributed by atoms with Gasteiger partial charge in [-0.2, -0.15) is 8.42 Å². The molecule has 0 bridgehead atoms. The molecule has 124 valence electrons. The lowest BCUT2D eigenvalue weighted by molar-refractivity contribution is 0.00470. The quantitative estimate of drug-likeness (QED) is 0.185. The Bertz CT molecular complexity index is 592. The molecule has 0 heterocycles. The van der Waals surface area contributed by atoms with Crippen molar-refractivity contribution < 1.29 is 26.2 Å². The van der Waals surface area contributed by atoms with E-state index in [4.69, 9.17) is 10.1 Å². The second-order valence-electron chi connectivity index (χ2n) is 5.77. The van der Waals surface area contributed by atoms with Crippen molar-refractivity contribution in [3.8, 4) is 0 Å². The molecule has 0 radical (unpaired) electrons. The molecule has 0 saturated heterocycles. The van der Waals surface area contributed by atoms with Gasteiger partial charge in [-0.25, -0.2) is 8.42 Å². The maximum Gasteiger partial charge on any atom is 0.436 e. The van der Waals surface area contributed by atoms with Gasteiger partial charge in [0.15, 0.2) is 0 Å². The summed E-state index contributed by atoms with van der Waals surface area (Å²) in [6.07, 6.45) is 4.25. The first-order valence-electron chi connectivity index (χ1n) is 6.46. The largest absolute Gasteiger partial charge is 0.436 e. The highest BCUT2D eigenvalue weighted by molar-refractivity contribution is 8.27. The van der Waals surface area contributed by atoms with E-state index in [1.165, 1.54) is 20.8 Å². The summed E-state index contributed by atoms with van der Waals surface area (Å²) in [5, 5.41) is -0.471. The van der Waals surface area contributed by atoms with Crippen molar-refractivity contribution in [2.75, 3.05) is 0 Å². The smallest absolute Gasteiger partial charge is 0.359 e. The van der Waals surface area contributed by atoms with Crippen molar-refractivity contribution in [1.82, 2.24) is 0 Å². The predicted molar refractivity (Wildman–Crippen MR) is 84.7 cm³/mol. The van der Waals surface area contributed by atoms with E-state index in [1.807, 2.05) is 0 Å². The number of rotatable bonds is 1. The Morgan fingerprint density at radius 2 is 1.57 bits per heavy atom. The number of nitrogens with zero attached hydrogens (tertiary/aromatic N) is 2. The van der Waals surface area contributed by atoms with Crippen LogP contribution in [0.2, 0.25) is 0 Å². The van der Waals surface area contributed by atoms with Gasteiger partial charge >= 0.3 is 4.38 Å². The molecule has 1 N–H and O–H groups in total. The average Bonchev–Trinajstić information content (AvgIpc) is 2.37. The van der Waals surface area contributed by atoms with Gasteiger partial charge in [0.25, 0.3) is 20.0 Å². The highest BCUT2D eigenvalue weighted by atomic mass is 32.2. The predicted octanol–water partition coefficient (Wildman–Crippen LogP) is 1.92. The van der Waals surface area contributed by atoms with Crippen LogP contribution in [0.4, 0.5) is 0 Å². The van der Waals surface area contributed by atoms with Gasteiger partial charge in [-0.1, -0.05) is 19.3 Å². The van der Waals surface area contributed by atoms with Crippen LogP contribution in [-0.2, 0) is 20.0 Å². The lowest BCUT2D eigenvalue weighted by Crippen LogP contribution is -2.32. The third kappa shape index (κ3) is 6.48.